The number of aryl methyl sites for hydroxylation is 1. The van der Waals surface area contributed by atoms with E-state index in [4.69, 9.17) is 0 Å². The summed E-state index contributed by atoms with van der Waals surface area (Å²) in [6, 6.07) is 12.6. The number of rotatable bonds is 3. The quantitative estimate of drug-likeness (QED) is 0.534. The Morgan fingerprint density at radius 2 is 2.08 bits per heavy atom. The Balaban J connectivity index is 1.50. The number of hydrazone groups is 1. The zero-order chi connectivity index (χ0) is 16.8. The Labute approximate surface area is 150 Å². The van der Waals surface area contributed by atoms with Crippen molar-refractivity contribution >= 4 is 33.1 Å². The van der Waals surface area contributed by atoms with Crippen LogP contribution in [-0.4, -0.2) is 15.7 Å². The minimum atomic E-state index is 0.605. The van der Waals surface area contributed by atoms with E-state index in [1.807, 2.05) is 13.0 Å². The van der Waals surface area contributed by atoms with E-state index in [1.165, 1.54) is 16.2 Å². The molecule has 0 amide bonds. The standard InChI is InChI=1S/C20H18N4S/c1-12-21-19(24-23-17-10-14-8-5-9-15(14)17)16-11-18(25-20(16)22-12)13-6-3-2-4-7-13/h2-8,11,14-15H,9-10H2,1H3,(H,21,22,24)/b23-17+. The molecule has 0 spiro atoms. The van der Waals surface area contributed by atoms with Crippen molar-refractivity contribution in [2.75, 3.05) is 5.43 Å². The largest absolute Gasteiger partial charge is 0.261 e. The highest BCUT2D eigenvalue weighted by Crippen LogP contribution is 2.40. The molecule has 2 heterocycles. The molecular weight excluding hydrogens is 328 g/mol. The van der Waals surface area contributed by atoms with Crippen LogP contribution >= 0.6 is 11.3 Å². The van der Waals surface area contributed by atoms with Crippen LogP contribution in [0.3, 0.4) is 0 Å². The van der Waals surface area contributed by atoms with Gasteiger partial charge >= 0.3 is 0 Å². The fourth-order valence-corrected chi connectivity index (χ4v) is 4.73. The lowest BCUT2D eigenvalue weighted by atomic mass is 9.74. The van der Waals surface area contributed by atoms with E-state index < -0.39 is 0 Å². The summed E-state index contributed by atoms with van der Waals surface area (Å²) in [5, 5.41) is 5.70. The third-order valence-electron chi connectivity index (χ3n) is 5.03. The van der Waals surface area contributed by atoms with Gasteiger partial charge in [-0.1, -0.05) is 42.5 Å². The number of aromatic nitrogens is 2. The molecule has 5 heteroatoms. The maximum absolute atomic E-state index is 4.66. The van der Waals surface area contributed by atoms with Gasteiger partial charge in [0.2, 0.25) is 0 Å². The molecule has 1 fully saturated rings. The summed E-state index contributed by atoms with van der Waals surface area (Å²) >= 11 is 1.70. The van der Waals surface area contributed by atoms with E-state index in [1.54, 1.807) is 11.3 Å². The van der Waals surface area contributed by atoms with Gasteiger partial charge in [0.05, 0.1) is 5.39 Å². The van der Waals surface area contributed by atoms with Gasteiger partial charge in [-0.3, -0.25) is 5.43 Å². The van der Waals surface area contributed by atoms with Gasteiger partial charge in [-0.2, -0.15) is 5.10 Å². The van der Waals surface area contributed by atoms with Crippen molar-refractivity contribution in [2.24, 2.45) is 16.9 Å². The second kappa shape index (κ2) is 5.77. The van der Waals surface area contributed by atoms with Gasteiger partial charge in [0, 0.05) is 16.5 Å². The van der Waals surface area contributed by atoms with Crippen LogP contribution in [0.15, 0.2) is 53.7 Å². The summed E-state index contributed by atoms with van der Waals surface area (Å²) in [4.78, 5) is 11.4. The first-order chi connectivity index (χ1) is 12.3. The topological polar surface area (TPSA) is 50.2 Å². The number of fused-ring (bicyclic) bond motifs is 2. The Kier molecular flexibility index (Phi) is 3.41. The molecule has 2 aliphatic rings. The van der Waals surface area contributed by atoms with E-state index in [9.17, 15) is 0 Å². The third-order valence-corrected chi connectivity index (χ3v) is 6.11. The molecule has 4 nitrogen and oxygen atoms in total. The van der Waals surface area contributed by atoms with E-state index >= 15 is 0 Å². The van der Waals surface area contributed by atoms with Crippen LogP contribution in [0.4, 0.5) is 5.82 Å². The van der Waals surface area contributed by atoms with E-state index in [-0.39, 0.29) is 0 Å². The number of allylic oxidation sites excluding steroid dienone is 2. The predicted molar refractivity (Wildman–Crippen MR) is 104 cm³/mol. The van der Waals surface area contributed by atoms with Crippen molar-refractivity contribution in [3.05, 3.63) is 54.4 Å². The smallest absolute Gasteiger partial charge is 0.158 e. The van der Waals surface area contributed by atoms with Crippen molar-refractivity contribution in [3.8, 4) is 10.4 Å². The molecule has 5 rings (SSSR count). The first-order valence-electron chi connectivity index (χ1n) is 8.60. The molecule has 0 radical (unpaired) electrons. The second-order valence-electron chi connectivity index (χ2n) is 6.67. The Morgan fingerprint density at radius 3 is 2.92 bits per heavy atom. The second-order valence-corrected chi connectivity index (χ2v) is 7.70. The van der Waals surface area contributed by atoms with Crippen LogP contribution in [0.1, 0.15) is 18.7 Å². The van der Waals surface area contributed by atoms with Crippen molar-refractivity contribution < 1.29 is 0 Å². The molecule has 1 N–H and O–H groups in total. The Bertz CT molecular complexity index is 1000. The molecule has 3 aromatic rings. The zero-order valence-corrected chi connectivity index (χ0v) is 14.8. The summed E-state index contributed by atoms with van der Waals surface area (Å²) in [7, 11) is 0. The molecule has 2 aliphatic carbocycles. The van der Waals surface area contributed by atoms with Crippen molar-refractivity contribution in [1.82, 2.24) is 9.97 Å². The van der Waals surface area contributed by atoms with Gasteiger partial charge in [0.25, 0.3) is 0 Å². The number of hydrogen-bond donors (Lipinski definition) is 1. The molecular formula is C20H18N4S. The predicted octanol–water partition coefficient (Wildman–Crippen LogP) is 5.03. The number of nitrogens with one attached hydrogen (secondary N) is 1. The molecule has 0 saturated heterocycles. The van der Waals surface area contributed by atoms with Crippen LogP contribution in [0.25, 0.3) is 20.7 Å². The van der Waals surface area contributed by atoms with Crippen molar-refractivity contribution in [2.45, 2.75) is 19.8 Å². The monoisotopic (exact) mass is 346 g/mol. The summed E-state index contributed by atoms with van der Waals surface area (Å²) in [5.41, 5.74) is 5.69. The number of nitrogens with zero attached hydrogens (tertiary/aromatic N) is 3. The minimum absolute atomic E-state index is 0.605. The fraction of sp³-hybridized carbons (Fsp3) is 0.250. The van der Waals surface area contributed by atoms with Gasteiger partial charge in [0.15, 0.2) is 5.82 Å². The van der Waals surface area contributed by atoms with Gasteiger partial charge in [-0.25, -0.2) is 9.97 Å². The Hall–Kier alpha value is -2.53. The molecule has 2 unspecified atom stereocenters. The normalized spacial score (nSPS) is 23.0. The summed E-state index contributed by atoms with van der Waals surface area (Å²) in [6.07, 6.45) is 6.79. The van der Waals surface area contributed by atoms with Crippen LogP contribution in [0.2, 0.25) is 0 Å². The highest BCUT2D eigenvalue weighted by Gasteiger charge is 2.37. The van der Waals surface area contributed by atoms with Crippen LogP contribution in [-0.2, 0) is 0 Å². The maximum atomic E-state index is 4.66. The van der Waals surface area contributed by atoms with Crippen molar-refractivity contribution in [1.29, 1.82) is 0 Å². The van der Waals surface area contributed by atoms with Crippen LogP contribution in [0, 0.1) is 18.8 Å². The summed E-state index contributed by atoms with van der Waals surface area (Å²) < 4.78 is 0. The molecule has 124 valence electrons. The highest BCUT2D eigenvalue weighted by molar-refractivity contribution is 7.21. The number of benzene rings is 1. The first-order valence-corrected chi connectivity index (χ1v) is 9.42. The number of anilines is 1. The summed E-state index contributed by atoms with van der Waals surface area (Å²) in [6.45, 7) is 1.93. The van der Waals surface area contributed by atoms with Crippen LogP contribution < -0.4 is 5.43 Å². The maximum Gasteiger partial charge on any atom is 0.158 e. The van der Waals surface area contributed by atoms with E-state index in [2.05, 4.69) is 63.0 Å². The lowest BCUT2D eigenvalue weighted by Gasteiger charge is -2.31. The number of hydrogen-bond acceptors (Lipinski definition) is 5. The Morgan fingerprint density at radius 1 is 1.20 bits per heavy atom. The first kappa shape index (κ1) is 14.8. The van der Waals surface area contributed by atoms with Crippen LogP contribution in [0.5, 0.6) is 0 Å². The minimum Gasteiger partial charge on any atom is -0.261 e. The average molecular weight is 346 g/mol. The average Bonchev–Trinajstić information content (AvgIpc) is 3.19. The number of thiophene rings is 1. The fourth-order valence-electron chi connectivity index (χ4n) is 3.65. The molecule has 0 aliphatic heterocycles. The van der Waals surface area contributed by atoms with Crippen molar-refractivity contribution in [3.63, 3.8) is 0 Å². The van der Waals surface area contributed by atoms with Gasteiger partial charge in [-0.15, -0.1) is 11.3 Å². The molecule has 2 atom stereocenters. The molecule has 25 heavy (non-hydrogen) atoms. The molecule has 1 aromatic carbocycles. The zero-order valence-electron chi connectivity index (χ0n) is 13.9. The highest BCUT2D eigenvalue weighted by atomic mass is 32.1. The molecule has 2 aromatic heterocycles. The lowest BCUT2D eigenvalue weighted by Crippen LogP contribution is -2.33. The summed E-state index contributed by atoms with van der Waals surface area (Å²) in [5.74, 6) is 2.89. The molecule has 1 saturated carbocycles. The van der Waals surface area contributed by atoms with E-state index in [0.29, 0.717) is 11.8 Å². The molecule has 0 bridgehead atoms. The van der Waals surface area contributed by atoms with Gasteiger partial charge in [-0.05, 0) is 37.3 Å². The lowest BCUT2D eigenvalue weighted by molar-refractivity contribution is 0.466. The van der Waals surface area contributed by atoms with Gasteiger partial charge < -0.3 is 0 Å². The SMILES string of the molecule is Cc1nc(N/N=C2\CC3C=CCC23)c2cc(-c3ccccc3)sc2n1. The van der Waals surface area contributed by atoms with Gasteiger partial charge in [0.1, 0.15) is 10.7 Å². The third kappa shape index (κ3) is 2.55. The van der Waals surface area contributed by atoms with E-state index in [0.717, 1.165) is 34.7 Å².